The summed E-state index contributed by atoms with van der Waals surface area (Å²) < 4.78 is 62.5. The van der Waals surface area contributed by atoms with Gasteiger partial charge in [-0.25, -0.2) is 0 Å². The molecular weight excluding hydrogens is 1300 g/mol. The van der Waals surface area contributed by atoms with E-state index >= 15 is 0 Å². The second-order valence-electron chi connectivity index (χ2n) is 25.8. The molecule has 4 aliphatic heterocycles. The summed E-state index contributed by atoms with van der Waals surface area (Å²) in [7, 11) is 3.07. The molecule has 1 fully saturated rings. The number of carbonyl (C=O) groups is 8. The van der Waals surface area contributed by atoms with E-state index in [9.17, 15) is 38.4 Å². The largest absolute Gasteiger partial charge is 0.493 e. The Hall–Kier alpha value is -8.50. The lowest BCUT2D eigenvalue weighted by Gasteiger charge is -2.23. The van der Waals surface area contributed by atoms with Gasteiger partial charge in [-0.2, -0.15) is 0 Å². The molecule has 26 nitrogen and oxygen atoms in total. The van der Waals surface area contributed by atoms with Gasteiger partial charge in [-0.1, -0.05) is 45.4 Å². The molecule has 0 radical (unpaired) electrons. The van der Waals surface area contributed by atoms with Gasteiger partial charge in [-0.05, 0) is 91.3 Å². The van der Waals surface area contributed by atoms with E-state index < -0.39 is 29.7 Å². The van der Waals surface area contributed by atoms with Crippen LogP contribution in [-0.2, 0) is 61.9 Å². The van der Waals surface area contributed by atoms with E-state index in [-0.39, 0.29) is 92.1 Å². The van der Waals surface area contributed by atoms with Crippen molar-refractivity contribution in [2.75, 3.05) is 138 Å². The fraction of sp³-hybridized carbons (Fsp3) is 0.547. The van der Waals surface area contributed by atoms with Gasteiger partial charge in [0, 0.05) is 117 Å². The highest BCUT2D eigenvalue weighted by molar-refractivity contribution is 6.13. The van der Waals surface area contributed by atoms with Gasteiger partial charge >= 0.3 is 0 Å². The SMILES string of the molecule is COc1cc2c(cc1OCCCOc1cc3c(cc1OC)C(=O)N1C=C(C4CC4)C[C@H]1C=N3)N=C[C@@H]1CC(c3ccc(NC(=O)[C@H](C)CC(=O)C(NC(=O)CCCCCOCCOCCOCCOCCOCCOCCOCCNC(=O)CCN4C(=O)C=CC4=O)C(C)C)cc3)=CC1C2=O. The third-order valence-electron chi connectivity index (χ3n) is 18.0. The second kappa shape index (κ2) is 39.6. The molecule has 9 rings (SSSR count). The Kier molecular flexibility index (Phi) is 30.1. The van der Waals surface area contributed by atoms with Crippen LogP contribution in [0.2, 0.25) is 0 Å². The van der Waals surface area contributed by atoms with E-state index in [2.05, 4.69) is 16.0 Å². The van der Waals surface area contributed by atoms with Gasteiger partial charge in [0.05, 0.1) is 142 Å². The summed E-state index contributed by atoms with van der Waals surface area (Å²) >= 11 is 0. The maximum atomic E-state index is 14.2. The highest BCUT2D eigenvalue weighted by Crippen LogP contribution is 2.46. The normalized spacial score (nSPS) is 17.9. The molecule has 546 valence electrons. The predicted molar refractivity (Wildman–Crippen MR) is 376 cm³/mol. The van der Waals surface area contributed by atoms with E-state index in [1.165, 1.54) is 37.7 Å². The topological polar surface area (TPSA) is 305 Å². The van der Waals surface area contributed by atoms with E-state index in [4.69, 9.17) is 62.1 Å². The van der Waals surface area contributed by atoms with Crippen molar-refractivity contribution >= 4 is 82.1 Å². The molecule has 6 aliphatic rings. The summed E-state index contributed by atoms with van der Waals surface area (Å²) in [6.07, 6.45) is 16.8. The van der Waals surface area contributed by atoms with Crippen LogP contribution in [0.5, 0.6) is 23.0 Å². The number of nitrogens with one attached hydrogen (secondary N) is 3. The third-order valence-corrected chi connectivity index (χ3v) is 18.0. The molecule has 4 heterocycles. The number of hydrogen-bond donors (Lipinski definition) is 3. The number of ether oxygens (including phenoxy) is 11. The Morgan fingerprint density at radius 2 is 1.16 bits per heavy atom. The van der Waals surface area contributed by atoms with Gasteiger partial charge in [0.15, 0.2) is 34.6 Å². The molecule has 2 unspecified atom stereocenters. The van der Waals surface area contributed by atoms with Crippen molar-refractivity contribution in [3.05, 3.63) is 95.2 Å². The van der Waals surface area contributed by atoms with Crippen molar-refractivity contribution < 1.29 is 90.5 Å². The Labute approximate surface area is 590 Å². The van der Waals surface area contributed by atoms with Crippen molar-refractivity contribution in [3.63, 3.8) is 0 Å². The number of imide groups is 1. The Balaban J connectivity index is 0.570. The van der Waals surface area contributed by atoms with E-state index in [1.54, 1.807) is 55.3 Å². The van der Waals surface area contributed by atoms with Crippen LogP contribution >= 0.6 is 0 Å². The highest BCUT2D eigenvalue weighted by atomic mass is 16.6. The number of Topliss-reactive ketones (excluding diaryl/α,β-unsaturated/α-hetero) is 2. The number of benzene rings is 3. The quantitative estimate of drug-likeness (QED) is 0.0354. The monoisotopic (exact) mass is 1400 g/mol. The lowest BCUT2D eigenvalue weighted by Crippen LogP contribution is -2.45. The van der Waals surface area contributed by atoms with Gasteiger partial charge in [0.2, 0.25) is 17.7 Å². The molecule has 0 aromatic heterocycles. The van der Waals surface area contributed by atoms with E-state index in [1.807, 2.05) is 50.7 Å². The zero-order valence-corrected chi connectivity index (χ0v) is 58.7. The average Bonchev–Trinajstić information content (AvgIpc) is 1.65. The Morgan fingerprint density at radius 3 is 1.74 bits per heavy atom. The summed E-state index contributed by atoms with van der Waals surface area (Å²) in [5.74, 6) is -1.11. The van der Waals surface area contributed by atoms with Crippen LogP contribution in [0, 0.1) is 29.6 Å². The van der Waals surface area contributed by atoms with Crippen LogP contribution in [0.1, 0.15) is 118 Å². The predicted octanol–water partition coefficient (Wildman–Crippen LogP) is 8.18. The molecule has 0 spiro atoms. The number of allylic oxidation sites excluding steroid dienone is 2. The van der Waals surface area contributed by atoms with Crippen molar-refractivity contribution in [3.8, 4) is 23.0 Å². The number of carbonyl (C=O) groups excluding carboxylic acids is 8. The molecule has 2 aliphatic carbocycles. The van der Waals surface area contributed by atoms with E-state index in [0.717, 1.165) is 35.3 Å². The summed E-state index contributed by atoms with van der Waals surface area (Å²) in [5, 5.41) is 8.53. The zero-order chi connectivity index (χ0) is 71.5. The number of nitrogens with zero attached hydrogens (tertiary/aromatic N) is 4. The molecule has 101 heavy (non-hydrogen) atoms. The van der Waals surface area contributed by atoms with Crippen LogP contribution in [-0.4, -0.2) is 214 Å². The minimum absolute atomic E-state index is 0.0327. The number of rotatable bonds is 47. The number of fused-ring (bicyclic) bond motifs is 4. The molecule has 3 N–H and O–H groups in total. The fourth-order valence-corrected chi connectivity index (χ4v) is 12.2. The maximum absolute atomic E-state index is 14.2. The first-order valence-corrected chi connectivity index (χ1v) is 35.2. The van der Waals surface area contributed by atoms with Crippen LogP contribution < -0.4 is 34.9 Å². The molecule has 1 saturated carbocycles. The van der Waals surface area contributed by atoms with Crippen LogP contribution in [0.3, 0.4) is 0 Å². The van der Waals surface area contributed by atoms with Crippen molar-refractivity contribution in [1.82, 2.24) is 20.4 Å². The lowest BCUT2D eigenvalue weighted by molar-refractivity contribution is -0.137. The second-order valence-corrected chi connectivity index (χ2v) is 25.8. The van der Waals surface area contributed by atoms with Crippen molar-refractivity contribution in [1.29, 1.82) is 0 Å². The molecule has 0 bridgehead atoms. The fourth-order valence-electron chi connectivity index (χ4n) is 12.2. The van der Waals surface area contributed by atoms with Crippen LogP contribution in [0.25, 0.3) is 5.57 Å². The van der Waals surface area contributed by atoms with Crippen molar-refractivity contribution in [2.24, 2.45) is 39.6 Å². The smallest absolute Gasteiger partial charge is 0.260 e. The molecule has 5 atom stereocenters. The first-order chi connectivity index (χ1) is 49.1. The van der Waals surface area contributed by atoms with Gasteiger partial charge in [-0.15, -0.1) is 0 Å². The molecule has 26 heteroatoms. The number of hydrogen-bond acceptors (Lipinski definition) is 21. The summed E-state index contributed by atoms with van der Waals surface area (Å²) in [6.45, 7) is 12.2. The number of aliphatic imine (C=N–C) groups is 2. The Morgan fingerprint density at radius 1 is 0.594 bits per heavy atom. The minimum atomic E-state index is -0.728. The summed E-state index contributed by atoms with van der Waals surface area (Å²) in [6, 6.07) is 13.5. The zero-order valence-electron chi connectivity index (χ0n) is 58.7. The number of unbranched alkanes of at least 4 members (excludes halogenated alkanes) is 2. The summed E-state index contributed by atoms with van der Waals surface area (Å²) in [4.78, 5) is 115. The Bertz CT molecular complexity index is 3490. The number of methoxy groups -OCH3 is 2. The first kappa shape index (κ1) is 76.7. The number of anilines is 1. The van der Waals surface area contributed by atoms with Crippen molar-refractivity contribution in [2.45, 2.75) is 103 Å². The highest BCUT2D eigenvalue weighted by Gasteiger charge is 2.39. The lowest BCUT2D eigenvalue weighted by atomic mass is 9.89. The third kappa shape index (κ3) is 23.0. The van der Waals surface area contributed by atoms with Gasteiger partial charge in [0.1, 0.15) is 0 Å². The molecular formula is C75H97N7O19. The molecule has 6 amide bonds. The van der Waals surface area contributed by atoms with Crippen LogP contribution in [0.15, 0.2) is 88.5 Å². The van der Waals surface area contributed by atoms with Crippen LogP contribution in [0.4, 0.5) is 17.1 Å². The van der Waals surface area contributed by atoms with Gasteiger partial charge < -0.3 is 73.0 Å². The van der Waals surface area contributed by atoms with Gasteiger partial charge in [0.25, 0.3) is 17.7 Å². The number of ketones is 2. The van der Waals surface area contributed by atoms with Gasteiger partial charge in [-0.3, -0.25) is 53.2 Å². The van der Waals surface area contributed by atoms with E-state index in [0.29, 0.717) is 175 Å². The first-order valence-electron chi connectivity index (χ1n) is 35.2. The standard InChI is InChI=1S/C75H97N7O19/c1-49(2)72(80-69(85)10-7-6-8-22-93-26-28-95-30-32-97-34-36-99-37-35-98-33-31-96-29-27-94-25-20-76-68(84)19-21-81-70(86)17-18-71(81)87)63(83)38-50(3)74(89)79-56-15-13-51(14-16-56)53-39-54-46-77-61-44-66(64(91-4)42-59(61)73(88)58(54)41-53)100-23-9-24-101-67-45-62-60(43-65(67)92-5)75(90)82-48-55(52-11-12-52)40-57(82)47-78-62/h13-18,41-50,52,54,57-58,72H,6-12,19-40H2,1-5H3,(H,76,84)(H,79,89)(H,80,85)/t50-,54+,57+,58?,72?/m1/s1. The summed E-state index contributed by atoms with van der Waals surface area (Å²) in [5.41, 5.74) is 5.72. The maximum Gasteiger partial charge on any atom is 0.260 e. The number of amides is 6. The minimum Gasteiger partial charge on any atom is -0.493 e. The molecule has 0 saturated heterocycles. The average molecular weight is 1400 g/mol. The molecule has 3 aromatic carbocycles. The molecule has 3 aromatic rings.